The highest BCUT2D eigenvalue weighted by Gasteiger charge is 2.06. The molecule has 0 radical (unpaired) electrons. The van der Waals surface area contributed by atoms with Gasteiger partial charge >= 0.3 is 0 Å². The van der Waals surface area contributed by atoms with Gasteiger partial charge in [-0.15, -0.1) is 12.4 Å². The van der Waals surface area contributed by atoms with E-state index in [4.69, 9.17) is 0 Å². The highest BCUT2D eigenvalue weighted by molar-refractivity contribution is 5.85. The van der Waals surface area contributed by atoms with E-state index in [1.165, 1.54) is 16.8 Å². The standard InChI is InChI=1S/C12H19N5.ClH/c1-5-17-8-9(2)12(15-17)13-6-11-7-14-16(4)10(11)3;/h7-8H,5-6H2,1-4H3,(H,13,15);1H. The summed E-state index contributed by atoms with van der Waals surface area (Å²) < 4.78 is 3.82. The van der Waals surface area contributed by atoms with E-state index in [0.717, 1.165) is 18.9 Å². The fraction of sp³-hybridized carbons (Fsp3) is 0.500. The minimum atomic E-state index is 0. The summed E-state index contributed by atoms with van der Waals surface area (Å²) >= 11 is 0. The Hall–Kier alpha value is -1.49. The van der Waals surface area contributed by atoms with Crippen molar-refractivity contribution < 1.29 is 0 Å². The molecule has 0 aliphatic heterocycles. The van der Waals surface area contributed by atoms with Crippen LogP contribution in [0.15, 0.2) is 12.4 Å². The van der Waals surface area contributed by atoms with Crippen LogP contribution in [0, 0.1) is 13.8 Å². The Bertz CT molecular complexity index is 515. The zero-order valence-electron chi connectivity index (χ0n) is 11.3. The van der Waals surface area contributed by atoms with Crippen LogP contribution in [0.4, 0.5) is 5.82 Å². The first kappa shape index (κ1) is 14.6. The first-order valence-electron chi connectivity index (χ1n) is 5.87. The molecule has 0 aromatic carbocycles. The smallest absolute Gasteiger partial charge is 0.151 e. The molecule has 0 saturated carbocycles. The molecule has 6 heteroatoms. The van der Waals surface area contributed by atoms with E-state index in [1.807, 2.05) is 22.6 Å². The summed E-state index contributed by atoms with van der Waals surface area (Å²) in [6, 6.07) is 0. The van der Waals surface area contributed by atoms with Gasteiger partial charge in [-0.25, -0.2) is 0 Å². The van der Waals surface area contributed by atoms with Crippen molar-refractivity contribution in [2.45, 2.75) is 33.9 Å². The molecular formula is C12H20ClN5. The average molecular weight is 270 g/mol. The molecule has 0 unspecified atom stereocenters. The van der Waals surface area contributed by atoms with E-state index in [1.54, 1.807) is 0 Å². The molecule has 0 spiro atoms. The van der Waals surface area contributed by atoms with Crippen molar-refractivity contribution in [1.29, 1.82) is 0 Å². The maximum atomic E-state index is 4.46. The molecule has 0 aliphatic carbocycles. The van der Waals surface area contributed by atoms with Crippen LogP contribution in [-0.2, 0) is 20.1 Å². The van der Waals surface area contributed by atoms with Gasteiger partial charge in [0.1, 0.15) is 0 Å². The number of hydrogen-bond donors (Lipinski definition) is 1. The van der Waals surface area contributed by atoms with Crippen molar-refractivity contribution in [1.82, 2.24) is 19.6 Å². The zero-order valence-corrected chi connectivity index (χ0v) is 12.1. The molecule has 2 rings (SSSR count). The van der Waals surface area contributed by atoms with Gasteiger partial charge < -0.3 is 5.32 Å². The molecule has 5 nitrogen and oxygen atoms in total. The second-order valence-corrected chi connectivity index (χ2v) is 4.25. The van der Waals surface area contributed by atoms with Crippen LogP contribution in [0.5, 0.6) is 0 Å². The van der Waals surface area contributed by atoms with Gasteiger partial charge in [-0.1, -0.05) is 0 Å². The fourth-order valence-corrected chi connectivity index (χ4v) is 1.75. The number of aromatic nitrogens is 4. The topological polar surface area (TPSA) is 47.7 Å². The summed E-state index contributed by atoms with van der Waals surface area (Å²) in [5.74, 6) is 0.954. The SMILES string of the molecule is CCn1cc(C)c(NCc2cnn(C)c2C)n1.Cl. The monoisotopic (exact) mass is 269 g/mol. The number of aryl methyl sites for hydroxylation is 3. The molecule has 2 heterocycles. The minimum Gasteiger partial charge on any atom is -0.364 e. The third-order valence-corrected chi connectivity index (χ3v) is 3.05. The Morgan fingerprint density at radius 3 is 2.56 bits per heavy atom. The van der Waals surface area contributed by atoms with Crippen LogP contribution in [0.3, 0.4) is 0 Å². The van der Waals surface area contributed by atoms with Gasteiger partial charge in [-0.05, 0) is 20.8 Å². The van der Waals surface area contributed by atoms with Crippen LogP contribution in [0.2, 0.25) is 0 Å². The van der Waals surface area contributed by atoms with E-state index in [2.05, 4.69) is 42.5 Å². The van der Waals surface area contributed by atoms with Gasteiger partial charge in [0.05, 0.1) is 6.20 Å². The lowest BCUT2D eigenvalue weighted by molar-refractivity contribution is 0.660. The number of rotatable bonds is 4. The molecule has 0 fully saturated rings. The van der Waals surface area contributed by atoms with Gasteiger partial charge in [-0.3, -0.25) is 9.36 Å². The van der Waals surface area contributed by atoms with E-state index < -0.39 is 0 Å². The fourth-order valence-electron chi connectivity index (χ4n) is 1.75. The number of nitrogens with one attached hydrogen (secondary N) is 1. The lowest BCUT2D eigenvalue weighted by Crippen LogP contribution is -2.03. The summed E-state index contributed by atoms with van der Waals surface area (Å²) in [5.41, 5.74) is 3.57. The first-order chi connectivity index (χ1) is 8.11. The van der Waals surface area contributed by atoms with Gasteiger partial charge in [0.15, 0.2) is 5.82 Å². The number of halogens is 1. The normalized spacial score (nSPS) is 10.2. The molecule has 100 valence electrons. The molecule has 2 aromatic heterocycles. The van der Waals surface area contributed by atoms with Gasteiger partial charge in [0, 0.05) is 43.2 Å². The summed E-state index contributed by atoms with van der Waals surface area (Å²) in [6.45, 7) is 7.89. The lowest BCUT2D eigenvalue weighted by Gasteiger charge is -2.03. The first-order valence-corrected chi connectivity index (χ1v) is 5.87. The second kappa shape index (κ2) is 5.91. The van der Waals surface area contributed by atoms with Crippen LogP contribution >= 0.6 is 12.4 Å². The molecule has 0 atom stereocenters. The second-order valence-electron chi connectivity index (χ2n) is 4.25. The summed E-state index contributed by atoms with van der Waals surface area (Å²) in [7, 11) is 1.95. The lowest BCUT2D eigenvalue weighted by atomic mass is 10.2. The van der Waals surface area contributed by atoms with Gasteiger partial charge in [0.25, 0.3) is 0 Å². The minimum absolute atomic E-state index is 0. The highest BCUT2D eigenvalue weighted by atomic mass is 35.5. The summed E-state index contributed by atoms with van der Waals surface area (Å²) in [4.78, 5) is 0. The Labute approximate surface area is 114 Å². The van der Waals surface area contributed by atoms with E-state index in [0.29, 0.717) is 0 Å². The predicted octanol–water partition coefficient (Wildman–Crippen LogP) is 2.29. The Balaban J connectivity index is 0.00000162. The molecular weight excluding hydrogens is 250 g/mol. The van der Waals surface area contributed by atoms with E-state index in [9.17, 15) is 0 Å². The third-order valence-electron chi connectivity index (χ3n) is 3.05. The van der Waals surface area contributed by atoms with E-state index >= 15 is 0 Å². The van der Waals surface area contributed by atoms with Gasteiger partial charge in [0.2, 0.25) is 0 Å². The molecule has 18 heavy (non-hydrogen) atoms. The number of hydrogen-bond acceptors (Lipinski definition) is 3. The summed E-state index contributed by atoms with van der Waals surface area (Å²) in [6.07, 6.45) is 3.95. The molecule has 2 aromatic rings. The van der Waals surface area contributed by atoms with E-state index in [-0.39, 0.29) is 12.4 Å². The Morgan fingerprint density at radius 1 is 1.33 bits per heavy atom. The van der Waals surface area contributed by atoms with Crippen molar-refractivity contribution in [2.24, 2.45) is 7.05 Å². The summed E-state index contributed by atoms with van der Waals surface area (Å²) in [5, 5.41) is 12.0. The van der Waals surface area contributed by atoms with Crippen LogP contribution < -0.4 is 5.32 Å². The third kappa shape index (κ3) is 2.85. The molecule has 0 aliphatic rings. The number of anilines is 1. The van der Waals surface area contributed by atoms with Crippen LogP contribution in [0.25, 0.3) is 0 Å². The van der Waals surface area contributed by atoms with Crippen molar-refractivity contribution in [2.75, 3.05) is 5.32 Å². The number of nitrogens with zero attached hydrogens (tertiary/aromatic N) is 4. The van der Waals surface area contributed by atoms with Crippen LogP contribution in [-0.4, -0.2) is 19.6 Å². The van der Waals surface area contributed by atoms with Gasteiger partial charge in [-0.2, -0.15) is 10.2 Å². The van der Waals surface area contributed by atoms with Crippen molar-refractivity contribution in [3.05, 3.63) is 29.2 Å². The zero-order chi connectivity index (χ0) is 12.4. The average Bonchev–Trinajstić information content (AvgIpc) is 2.82. The largest absolute Gasteiger partial charge is 0.364 e. The molecule has 0 bridgehead atoms. The van der Waals surface area contributed by atoms with Crippen molar-refractivity contribution in [3.63, 3.8) is 0 Å². The highest BCUT2D eigenvalue weighted by Crippen LogP contribution is 2.14. The molecule has 0 amide bonds. The maximum Gasteiger partial charge on any atom is 0.151 e. The van der Waals surface area contributed by atoms with Crippen molar-refractivity contribution in [3.8, 4) is 0 Å². The van der Waals surface area contributed by atoms with Crippen molar-refractivity contribution >= 4 is 18.2 Å². The quantitative estimate of drug-likeness (QED) is 0.926. The maximum absolute atomic E-state index is 4.46. The molecule has 1 N–H and O–H groups in total. The molecule has 0 saturated heterocycles. The predicted molar refractivity (Wildman–Crippen MR) is 75.2 cm³/mol. The van der Waals surface area contributed by atoms with Crippen LogP contribution in [0.1, 0.15) is 23.7 Å². The Kier molecular flexibility index (Phi) is 4.78. The Morgan fingerprint density at radius 2 is 2.06 bits per heavy atom.